The largest absolute Gasteiger partial charge is 0.370 e. The number of carbonyl (C=O) groups is 2. The topological polar surface area (TPSA) is 98.2 Å². The fourth-order valence-electron chi connectivity index (χ4n) is 2.38. The Hall–Kier alpha value is -1.10. The van der Waals surface area contributed by atoms with Gasteiger partial charge >= 0.3 is 0 Å². The number of nitrogens with one attached hydrogen (secondary N) is 1. The first-order valence-electron chi connectivity index (χ1n) is 8.89. The van der Waals surface area contributed by atoms with Crippen molar-refractivity contribution >= 4 is 11.8 Å². The van der Waals surface area contributed by atoms with E-state index in [4.69, 9.17) is 11.5 Å². The molecule has 0 saturated heterocycles. The average molecular weight is 313 g/mol. The maximum Gasteiger partial charge on any atom is 0.236 e. The van der Waals surface area contributed by atoms with Gasteiger partial charge in [0.15, 0.2) is 0 Å². The first-order valence-corrected chi connectivity index (χ1v) is 8.89. The van der Waals surface area contributed by atoms with Crippen LogP contribution in [0.15, 0.2) is 0 Å². The Kier molecular flexibility index (Phi) is 14.1. The normalized spacial score (nSPS) is 12.1. The van der Waals surface area contributed by atoms with Crippen LogP contribution in [0.5, 0.6) is 0 Å². The van der Waals surface area contributed by atoms with Crippen LogP contribution in [0, 0.1) is 0 Å². The van der Waals surface area contributed by atoms with Gasteiger partial charge in [-0.2, -0.15) is 0 Å². The van der Waals surface area contributed by atoms with Crippen LogP contribution in [-0.2, 0) is 9.59 Å². The lowest BCUT2D eigenvalue weighted by molar-refractivity contribution is -0.122. The lowest BCUT2D eigenvalue weighted by atomic mass is 10.1. The smallest absolute Gasteiger partial charge is 0.236 e. The molecule has 130 valence electrons. The van der Waals surface area contributed by atoms with Crippen molar-refractivity contribution in [2.45, 2.75) is 90.0 Å². The fourth-order valence-corrected chi connectivity index (χ4v) is 2.38. The van der Waals surface area contributed by atoms with E-state index in [1.807, 2.05) is 0 Å². The molecule has 5 N–H and O–H groups in total. The molecule has 5 heteroatoms. The molecule has 0 heterocycles. The summed E-state index contributed by atoms with van der Waals surface area (Å²) in [5.41, 5.74) is 10.7. The molecular weight excluding hydrogens is 278 g/mol. The molecule has 0 bridgehead atoms. The second kappa shape index (κ2) is 14.8. The minimum Gasteiger partial charge on any atom is -0.370 e. The number of unbranched alkanes of at least 4 members (excludes halogenated alkanes) is 9. The van der Waals surface area contributed by atoms with Gasteiger partial charge in [0.25, 0.3) is 0 Å². The summed E-state index contributed by atoms with van der Waals surface area (Å²) in [4.78, 5) is 22.2. The molecule has 0 spiro atoms. The third-order valence-corrected chi connectivity index (χ3v) is 3.87. The molecule has 0 aromatic carbocycles. The quantitative estimate of drug-likeness (QED) is 0.405. The lowest BCUT2D eigenvalue weighted by Gasteiger charge is -2.11. The van der Waals surface area contributed by atoms with Crippen LogP contribution in [0.2, 0.25) is 0 Å². The predicted octanol–water partition coefficient (Wildman–Crippen LogP) is 2.62. The Bertz CT molecular complexity index is 296. The van der Waals surface area contributed by atoms with E-state index in [9.17, 15) is 9.59 Å². The molecule has 0 aliphatic rings. The number of hydrogen-bond donors (Lipinski definition) is 3. The third-order valence-electron chi connectivity index (χ3n) is 3.87. The Morgan fingerprint density at radius 1 is 0.909 bits per heavy atom. The molecule has 0 aliphatic carbocycles. The standard InChI is InChI=1S/C17H35N3O2/c1-2-3-4-5-6-7-8-9-10-11-14-20-17(22)15(18)12-13-16(19)21/h15H,2-14,18H2,1H3,(H2,19,21)(H,20,22)/t15-/m1/s1. The van der Waals surface area contributed by atoms with Crippen LogP contribution in [0.4, 0.5) is 0 Å². The van der Waals surface area contributed by atoms with Crippen LogP contribution in [0.3, 0.4) is 0 Å². The van der Waals surface area contributed by atoms with Crippen LogP contribution < -0.4 is 16.8 Å². The van der Waals surface area contributed by atoms with Crippen LogP contribution in [-0.4, -0.2) is 24.4 Å². The van der Waals surface area contributed by atoms with Gasteiger partial charge in [0.2, 0.25) is 11.8 Å². The van der Waals surface area contributed by atoms with Gasteiger partial charge in [-0.3, -0.25) is 9.59 Å². The van der Waals surface area contributed by atoms with Crippen molar-refractivity contribution < 1.29 is 9.59 Å². The highest BCUT2D eigenvalue weighted by Crippen LogP contribution is 2.10. The van der Waals surface area contributed by atoms with Gasteiger partial charge in [-0.25, -0.2) is 0 Å². The van der Waals surface area contributed by atoms with E-state index < -0.39 is 11.9 Å². The second-order valence-electron chi connectivity index (χ2n) is 6.08. The van der Waals surface area contributed by atoms with E-state index >= 15 is 0 Å². The molecule has 2 amide bonds. The summed E-state index contributed by atoms with van der Waals surface area (Å²) in [6.45, 7) is 2.91. The molecule has 5 nitrogen and oxygen atoms in total. The van der Waals surface area contributed by atoms with Crippen molar-refractivity contribution in [2.24, 2.45) is 11.5 Å². The van der Waals surface area contributed by atoms with Crippen molar-refractivity contribution in [2.75, 3.05) is 6.54 Å². The molecule has 0 aromatic heterocycles. The molecule has 0 fully saturated rings. The first kappa shape index (κ1) is 20.9. The van der Waals surface area contributed by atoms with E-state index in [1.54, 1.807) is 0 Å². The number of primary amides is 1. The molecule has 22 heavy (non-hydrogen) atoms. The van der Waals surface area contributed by atoms with Gasteiger partial charge in [0.1, 0.15) is 0 Å². The van der Waals surface area contributed by atoms with Crippen molar-refractivity contribution in [1.82, 2.24) is 5.32 Å². The Morgan fingerprint density at radius 2 is 1.41 bits per heavy atom. The summed E-state index contributed by atoms with van der Waals surface area (Å²) in [6.07, 6.45) is 13.2. The molecular formula is C17H35N3O2. The summed E-state index contributed by atoms with van der Waals surface area (Å²) >= 11 is 0. The van der Waals surface area contributed by atoms with Crippen LogP contribution in [0.1, 0.15) is 84.0 Å². The van der Waals surface area contributed by atoms with E-state index in [0.29, 0.717) is 13.0 Å². The minimum atomic E-state index is -0.629. The molecule has 0 unspecified atom stereocenters. The highest BCUT2D eigenvalue weighted by atomic mass is 16.2. The third kappa shape index (κ3) is 13.9. The van der Waals surface area contributed by atoms with Gasteiger partial charge in [-0.05, 0) is 12.8 Å². The summed E-state index contributed by atoms with van der Waals surface area (Å²) < 4.78 is 0. The zero-order valence-electron chi connectivity index (χ0n) is 14.2. The zero-order chi connectivity index (χ0) is 16.6. The SMILES string of the molecule is CCCCCCCCCCCCNC(=O)[C@H](N)CCC(N)=O. The Labute approximate surface area is 135 Å². The number of nitrogens with two attached hydrogens (primary N) is 2. The van der Waals surface area contributed by atoms with Crippen molar-refractivity contribution in [3.63, 3.8) is 0 Å². The highest BCUT2D eigenvalue weighted by molar-refractivity contribution is 5.82. The van der Waals surface area contributed by atoms with Crippen LogP contribution >= 0.6 is 0 Å². The second-order valence-corrected chi connectivity index (χ2v) is 6.08. The number of carbonyl (C=O) groups excluding carboxylic acids is 2. The molecule has 0 rings (SSSR count). The maximum absolute atomic E-state index is 11.6. The van der Waals surface area contributed by atoms with E-state index in [-0.39, 0.29) is 12.3 Å². The van der Waals surface area contributed by atoms with E-state index in [2.05, 4.69) is 12.2 Å². The minimum absolute atomic E-state index is 0.160. The van der Waals surface area contributed by atoms with E-state index in [0.717, 1.165) is 12.8 Å². The Morgan fingerprint density at radius 3 is 1.91 bits per heavy atom. The first-order chi connectivity index (χ1) is 10.6. The van der Waals surface area contributed by atoms with Gasteiger partial charge in [-0.15, -0.1) is 0 Å². The van der Waals surface area contributed by atoms with Gasteiger partial charge in [0, 0.05) is 13.0 Å². The number of rotatable bonds is 15. The monoisotopic (exact) mass is 313 g/mol. The van der Waals surface area contributed by atoms with Crippen LogP contribution in [0.25, 0.3) is 0 Å². The summed E-state index contributed by atoms with van der Waals surface area (Å²) in [5, 5.41) is 2.82. The molecule has 0 radical (unpaired) electrons. The van der Waals surface area contributed by atoms with Crippen molar-refractivity contribution in [3.05, 3.63) is 0 Å². The fraction of sp³-hybridized carbons (Fsp3) is 0.882. The van der Waals surface area contributed by atoms with Crippen molar-refractivity contribution in [1.29, 1.82) is 0 Å². The Balaban J connectivity index is 3.31. The lowest BCUT2D eigenvalue weighted by Crippen LogP contribution is -2.41. The van der Waals surface area contributed by atoms with Crippen molar-refractivity contribution in [3.8, 4) is 0 Å². The molecule has 0 aromatic rings. The van der Waals surface area contributed by atoms with Gasteiger partial charge in [0.05, 0.1) is 6.04 Å². The molecule has 0 saturated carbocycles. The summed E-state index contributed by atoms with van der Waals surface area (Å²) in [5.74, 6) is -0.602. The number of hydrogen-bond acceptors (Lipinski definition) is 3. The van der Waals surface area contributed by atoms with E-state index in [1.165, 1.54) is 51.4 Å². The summed E-state index contributed by atoms with van der Waals surface area (Å²) in [6, 6.07) is -0.629. The molecule has 1 atom stereocenters. The van der Waals surface area contributed by atoms with Gasteiger partial charge < -0.3 is 16.8 Å². The zero-order valence-corrected chi connectivity index (χ0v) is 14.2. The average Bonchev–Trinajstić information content (AvgIpc) is 2.49. The van der Waals surface area contributed by atoms with Gasteiger partial charge in [-0.1, -0.05) is 64.7 Å². The number of amides is 2. The summed E-state index contributed by atoms with van der Waals surface area (Å²) in [7, 11) is 0. The maximum atomic E-state index is 11.6. The predicted molar refractivity (Wildman–Crippen MR) is 91.3 cm³/mol. The highest BCUT2D eigenvalue weighted by Gasteiger charge is 2.13. The molecule has 0 aliphatic heterocycles.